The van der Waals surface area contributed by atoms with Crippen molar-refractivity contribution in [3.8, 4) is 0 Å². The number of hydrogen-bond donors (Lipinski definition) is 2. The highest BCUT2D eigenvalue weighted by Crippen LogP contribution is 2.21. The molecule has 0 radical (unpaired) electrons. The van der Waals surface area contributed by atoms with E-state index in [1.54, 1.807) is 23.5 Å². The van der Waals surface area contributed by atoms with Gasteiger partial charge in [0.2, 0.25) is 10.0 Å². The number of sulfonamides is 1. The molecule has 0 spiro atoms. The molecule has 0 bridgehead atoms. The molecule has 1 aliphatic rings. The second-order valence-corrected chi connectivity index (χ2v) is 8.87. The summed E-state index contributed by atoms with van der Waals surface area (Å²) in [4.78, 5) is 4.58. The highest BCUT2D eigenvalue weighted by Gasteiger charge is 2.26. The molecule has 158 valence electrons. The van der Waals surface area contributed by atoms with Crippen molar-refractivity contribution < 1.29 is 13.2 Å². The minimum absolute atomic E-state index is 0.365. The molecule has 1 fully saturated rings. The van der Waals surface area contributed by atoms with E-state index in [4.69, 9.17) is 4.74 Å². The fourth-order valence-corrected chi connectivity index (χ4v) is 4.51. The molecule has 0 aliphatic carbocycles. The topological polar surface area (TPSA) is 83.0 Å². The molecule has 1 saturated heterocycles. The van der Waals surface area contributed by atoms with E-state index in [1.807, 2.05) is 12.1 Å². The van der Waals surface area contributed by atoms with Gasteiger partial charge in [0.1, 0.15) is 0 Å². The Morgan fingerprint density at radius 2 is 1.79 bits per heavy atom. The molecule has 28 heavy (non-hydrogen) atoms. The Balaban J connectivity index is 1.74. The summed E-state index contributed by atoms with van der Waals surface area (Å²) in [6.07, 6.45) is 5.07. The van der Waals surface area contributed by atoms with E-state index in [-0.39, 0.29) is 0 Å². The van der Waals surface area contributed by atoms with Gasteiger partial charge in [-0.05, 0) is 43.4 Å². The Bertz CT molecular complexity index is 699. The molecule has 0 unspecified atom stereocenters. The largest absolute Gasteiger partial charge is 0.381 e. The van der Waals surface area contributed by atoms with Crippen molar-refractivity contribution in [1.29, 1.82) is 0 Å². The number of benzene rings is 1. The van der Waals surface area contributed by atoms with Gasteiger partial charge in [-0.2, -0.15) is 4.31 Å². The summed E-state index contributed by atoms with van der Waals surface area (Å²) in [5, 5.41) is 6.51. The van der Waals surface area contributed by atoms with Gasteiger partial charge in [-0.25, -0.2) is 8.42 Å². The van der Waals surface area contributed by atoms with E-state index >= 15 is 0 Å². The molecule has 7 nitrogen and oxygen atoms in total. The van der Waals surface area contributed by atoms with Crippen LogP contribution in [0, 0.1) is 0 Å². The SMILES string of the molecule is CCCCOCCCNC(=NC)NCc1ccc(S(=O)(=O)N2CCCC2)cc1. The maximum atomic E-state index is 12.6. The normalized spacial score (nSPS) is 15.7. The molecule has 1 aliphatic heterocycles. The number of nitrogens with one attached hydrogen (secondary N) is 2. The van der Waals surface area contributed by atoms with Crippen molar-refractivity contribution in [2.24, 2.45) is 4.99 Å². The summed E-state index contributed by atoms with van der Waals surface area (Å²) in [7, 11) is -1.62. The Kier molecular flexibility index (Phi) is 9.73. The van der Waals surface area contributed by atoms with Crippen molar-refractivity contribution in [2.75, 3.05) is 39.9 Å². The van der Waals surface area contributed by atoms with Gasteiger partial charge in [0.05, 0.1) is 4.90 Å². The molecular formula is C20H34N4O3S. The van der Waals surface area contributed by atoms with Gasteiger partial charge >= 0.3 is 0 Å². The molecule has 1 aromatic rings. The van der Waals surface area contributed by atoms with Gasteiger partial charge in [-0.1, -0.05) is 25.5 Å². The quantitative estimate of drug-likeness (QED) is 0.332. The number of aliphatic imine (C=N–C) groups is 1. The van der Waals surface area contributed by atoms with E-state index in [9.17, 15) is 8.42 Å². The van der Waals surface area contributed by atoms with E-state index in [0.717, 1.165) is 63.4 Å². The fourth-order valence-electron chi connectivity index (χ4n) is 2.99. The van der Waals surface area contributed by atoms with Crippen LogP contribution in [-0.2, 0) is 21.3 Å². The third kappa shape index (κ3) is 7.07. The lowest BCUT2D eigenvalue weighted by atomic mass is 10.2. The van der Waals surface area contributed by atoms with Crippen molar-refractivity contribution in [3.05, 3.63) is 29.8 Å². The lowest BCUT2D eigenvalue weighted by Crippen LogP contribution is -2.37. The van der Waals surface area contributed by atoms with Crippen LogP contribution in [0.5, 0.6) is 0 Å². The van der Waals surface area contributed by atoms with Gasteiger partial charge in [-0.3, -0.25) is 4.99 Å². The zero-order valence-corrected chi connectivity index (χ0v) is 17.9. The van der Waals surface area contributed by atoms with Gasteiger partial charge in [-0.15, -0.1) is 0 Å². The average Bonchev–Trinajstić information content (AvgIpc) is 3.25. The van der Waals surface area contributed by atoms with Gasteiger partial charge in [0.25, 0.3) is 0 Å². The minimum Gasteiger partial charge on any atom is -0.381 e. The van der Waals surface area contributed by atoms with E-state index in [0.29, 0.717) is 24.5 Å². The van der Waals surface area contributed by atoms with Gasteiger partial charge < -0.3 is 15.4 Å². The number of rotatable bonds is 11. The third-order valence-electron chi connectivity index (χ3n) is 4.71. The van der Waals surface area contributed by atoms with Crippen LogP contribution in [0.4, 0.5) is 0 Å². The van der Waals surface area contributed by atoms with Crippen LogP contribution in [0.25, 0.3) is 0 Å². The predicted molar refractivity (Wildman–Crippen MR) is 113 cm³/mol. The van der Waals surface area contributed by atoms with Crippen LogP contribution in [0.15, 0.2) is 34.2 Å². The Morgan fingerprint density at radius 3 is 2.43 bits per heavy atom. The molecule has 2 N–H and O–H groups in total. The molecular weight excluding hydrogens is 376 g/mol. The second-order valence-electron chi connectivity index (χ2n) is 6.93. The molecule has 1 heterocycles. The van der Waals surface area contributed by atoms with Crippen molar-refractivity contribution in [3.63, 3.8) is 0 Å². The monoisotopic (exact) mass is 410 g/mol. The number of hydrogen-bond acceptors (Lipinski definition) is 4. The first kappa shape index (κ1) is 22.6. The van der Waals surface area contributed by atoms with Crippen LogP contribution in [0.2, 0.25) is 0 Å². The molecule has 8 heteroatoms. The van der Waals surface area contributed by atoms with Crippen LogP contribution in [0.3, 0.4) is 0 Å². The number of guanidine groups is 1. The van der Waals surface area contributed by atoms with Crippen LogP contribution in [0.1, 0.15) is 44.6 Å². The molecule has 0 saturated carbocycles. The molecule has 0 atom stereocenters. The molecule has 2 rings (SSSR count). The second kappa shape index (κ2) is 12.0. The first-order valence-electron chi connectivity index (χ1n) is 10.2. The van der Waals surface area contributed by atoms with E-state index < -0.39 is 10.0 Å². The number of nitrogens with zero attached hydrogens (tertiary/aromatic N) is 2. The first-order valence-corrected chi connectivity index (χ1v) is 11.6. The van der Waals surface area contributed by atoms with Gasteiger partial charge in [0, 0.05) is 46.4 Å². The van der Waals surface area contributed by atoms with E-state index in [1.165, 1.54) is 0 Å². The first-order chi connectivity index (χ1) is 13.6. The summed E-state index contributed by atoms with van der Waals surface area (Å²) in [6.45, 7) is 6.34. The third-order valence-corrected chi connectivity index (χ3v) is 6.62. The Labute approximate surface area is 169 Å². The van der Waals surface area contributed by atoms with Gasteiger partial charge in [0.15, 0.2) is 5.96 Å². The summed E-state index contributed by atoms with van der Waals surface area (Å²) in [5.74, 6) is 0.724. The maximum absolute atomic E-state index is 12.6. The molecule has 0 amide bonds. The van der Waals surface area contributed by atoms with Crippen LogP contribution < -0.4 is 10.6 Å². The lowest BCUT2D eigenvalue weighted by Gasteiger charge is -2.16. The van der Waals surface area contributed by atoms with Crippen molar-refractivity contribution >= 4 is 16.0 Å². The number of unbranched alkanes of at least 4 members (excludes halogenated alkanes) is 1. The summed E-state index contributed by atoms with van der Waals surface area (Å²) >= 11 is 0. The smallest absolute Gasteiger partial charge is 0.243 e. The van der Waals surface area contributed by atoms with Crippen LogP contribution >= 0.6 is 0 Å². The summed E-state index contributed by atoms with van der Waals surface area (Å²) < 4.78 is 32.2. The van der Waals surface area contributed by atoms with Crippen molar-refractivity contribution in [1.82, 2.24) is 14.9 Å². The molecule has 0 aromatic heterocycles. The Hall–Kier alpha value is -1.64. The Morgan fingerprint density at radius 1 is 1.11 bits per heavy atom. The predicted octanol–water partition coefficient (Wildman–Crippen LogP) is 2.34. The standard InChI is InChI=1S/C20H34N4O3S/c1-3-4-15-27-16-7-12-22-20(21-2)23-17-18-8-10-19(11-9-18)28(25,26)24-13-5-6-14-24/h8-11H,3-7,12-17H2,1-2H3,(H2,21,22,23). The lowest BCUT2D eigenvalue weighted by molar-refractivity contribution is 0.129. The summed E-state index contributed by atoms with van der Waals surface area (Å²) in [6, 6.07) is 7.08. The highest BCUT2D eigenvalue weighted by molar-refractivity contribution is 7.89. The molecule has 1 aromatic carbocycles. The maximum Gasteiger partial charge on any atom is 0.243 e. The fraction of sp³-hybridized carbons (Fsp3) is 0.650. The number of ether oxygens (including phenoxy) is 1. The average molecular weight is 411 g/mol. The summed E-state index contributed by atoms with van der Waals surface area (Å²) in [5.41, 5.74) is 1.01. The van der Waals surface area contributed by atoms with Crippen LogP contribution in [-0.4, -0.2) is 58.6 Å². The zero-order valence-electron chi connectivity index (χ0n) is 17.1. The van der Waals surface area contributed by atoms with E-state index in [2.05, 4.69) is 22.5 Å². The van der Waals surface area contributed by atoms with Crippen molar-refractivity contribution in [2.45, 2.75) is 50.5 Å². The zero-order chi connectivity index (χ0) is 20.2. The minimum atomic E-state index is -3.35. The highest BCUT2D eigenvalue weighted by atomic mass is 32.2.